The first-order chi connectivity index (χ1) is 10.2. The molecule has 0 fully saturated rings. The van der Waals surface area contributed by atoms with Crippen LogP contribution in [0.15, 0.2) is 47.5 Å². The van der Waals surface area contributed by atoms with Crippen LogP contribution in [0.2, 0.25) is 0 Å². The summed E-state index contributed by atoms with van der Waals surface area (Å²) in [7, 11) is 0. The smallest absolute Gasteiger partial charge is 0.223 e. The molecule has 2 aromatic rings. The summed E-state index contributed by atoms with van der Waals surface area (Å²) in [6.45, 7) is 6.14. The van der Waals surface area contributed by atoms with Crippen molar-refractivity contribution in [1.82, 2.24) is 10.3 Å². The Morgan fingerprint density at radius 3 is 2.76 bits per heavy atom. The van der Waals surface area contributed by atoms with Gasteiger partial charge >= 0.3 is 0 Å². The summed E-state index contributed by atoms with van der Waals surface area (Å²) in [5, 5.41) is 3.43. The van der Waals surface area contributed by atoms with Crippen LogP contribution in [0.5, 0.6) is 11.6 Å². The van der Waals surface area contributed by atoms with E-state index in [0.29, 0.717) is 11.8 Å². The third-order valence-corrected chi connectivity index (χ3v) is 3.77. The van der Waals surface area contributed by atoms with Gasteiger partial charge in [-0.1, -0.05) is 32.0 Å². The van der Waals surface area contributed by atoms with Crippen molar-refractivity contribution in [1.29, 1.82) is 0 Å². The van der Waals surface area contributed by atoms with E-state index in [4.69, 9.17) is 4.74 Å². The van der Waals surface area contributed by atoms with Crippen molar-refractivity contribution in [3.05, 3.63) is 48.2 Å². The van der Waals surface area contributed by atoms with Gasteiger partial charge < -0.3 is 10.1 Å². The van der Waals surface area contributed by atoms with E-state index in [2.05, 4.69) is 36.3 Å². The molecule has 0 radical (unpaired) electrons. The highest BCUT2D eigenvalue weighted by Gasteiger charge is 2.09. The normalized spacial score (nSPS) is 10.9. The number of ether oxygens (including phenoxy) is 1. The standard InChI is InChI=1S/C17H22N2OS/c1-13(2)11-18-12-14-7-6-10-19-17(14)20-15-8-4-5-9-16(15)21-3/h4-10,13,18H,11-12H2,1-3H3. The van der Waals surface area contributed by atoms with Gasteiger partial charge in [-0.2, -0.15) is 0 Å². The zero-order chi connectivity index (χ0) is 15.1. The summed E-state index contributed by atoms with van der Waals surface area (Å²) in [6.07, 6.45) is 3.81. The Balaban J connectivity index is 2.12. The maximum absolute atomic E-state index is 6.02. The summed E-state index contributed by atoms with van der Waals surface area (Å²) >= 11 is 1.67. The second-order valence-electron chi connectivity index (χ2n) is 5.25. The second kappa shape index (κ2) is 8.05. The summed E-state index contributed by atoms with van der Waals surface area (Å²) in [4.78, 5) is 5.49. The fourth-order valence-electron chi connectivity index (χ4n) is 1.95. The predicted octanol–water partition coefficient (Wildman–Crippen LogP) is 4.34. The lowest BCUT2D eigenvalue weighted by atomic mass is 10.2. The molecule has 21 heavy (non-hydrogen) atoms. The van der Waals surface area contributed by atoms with Crippen molar-refractivity contribution in [3.63, 3.8) is 0 Å². The van der Waals surface area contributed by atoms with E-state index in [-0.39, 0.29) is 0 Å². The monoisotopic (exact) mass is 302 g/mol. The van der Waals surface area contributed by atoms with Crippen molar-refractivity contribution in [3.8, 4) is 11.6 Å². The lowest BCUT2D eigenvalue weighted by molar-refractivity contribution is 0.440. The van der Waals surface area contributed by atoms with Gasteiger partial charge in [-0.15, -0.1) is 11.8 Å². The van der Waals surface area contributed by atoms with E-state index in [0.717, 1.165) is 29.3 Å². The predicted molar refractivity (Wildman–Crippen MR) is 89.1 cm³/mol. The van der Waals surface area contributed by atoms with Crippen molar-refractivity contribution in [2.45, 2.75) is 25.3 Å². The van der Waals surface area contributed by atoms with Crippen molar-refractivity contribution in [2.24, 2.45) is 5.92 Å². The number of thioether (sulfide) groups is 1. The van der Waals surface area contributed by atoms with E-state index < -0.39 is 0 Å². The average molecular weight is 302 g/mol. The zero-order valence-corrected chi connectivity index (χ0v) is 13.6. The van der Waals surface area contributed by atoms with Crippen molar-refractivity contribution in [2.75, 3.05) is 12.8 Å². The Labute approximate surface area is 131 Å². The van der Waals surface area contributed by atoms with Gasteiger partial charge in [-0.05, 0) is 36.9 Å². The van der Waals surface area contributed by atoms with Crippen LogP contribution in [0.25, 0.3) is 0 Å². The Morgan fingerprint density at radius 2 is 2.00 bits per heavy atom. The Bertz CT molecular complexity index is 572. The number of benzene rings is 1. The molecule has 1 N–H and O–H groups in total. The largest absolute Gasteiger partial charge is 0.438 e. The molecule has 1 aromatic heterocycles. The van der Waals surface area contributed by atoms with E-state index in [1.54, 1.807) is 18.0 Å². The molecule has 112 valence electrons. The van der Waals surface area contributed by atoms with Crippen LogP contribution in [-0.2, 0) is 6.54 Å². The summed E-state index contributed by atoms with van der Waals surface area (Å²) in [5.74, 6) is 2.16. The van der Waals surface area contributed by atoms with Crippen molar-refractivity contribution >= 4 is 11.8 Å². The molecule has 0 aliphatic rings. The highest BCUT2D eigenvalue weighted by Crippen LogP contribution is 2.31. The summed E-state index contributed by atoms with van der Waals surface area (Å²) in [6, 6.07) is 12.0. The molecule has 2 rings (SSSR count). The number of aromatic nitrogens is 1. The molecule has 0 aliphatic carbocycles. The fraction of sp³-hybridized carbons (Fsp3) is 0.353. The number of pyridine rings is 1. The highest BCUT2D eigenvalue weighted by atomic mass is 32.2. The minimum absolute atomic E-state index is 0.628. The Kier molecular flexibility index (Phi) is 6.08. The van der Waals surface area contributed by atoms with Gasteiger partial charge in [-0.25, -0.2) is 4.98 Å². The van der Waals surface area contributed by atoms with Gasteiger partial charge in [0.1, 0.15) is 5.75 Å². The topological polar surface area (TPSA) is 34.1 Å². The molecule has 0 saturated carbocycles. The molecule has 0 bridgehead atoms. The molecule has 1 aromatic carbocycles. The number of para-hydroxylation sites is 1. The quantitative estimate of drug-likeness (QED) is 0.771. The van der Waals surface area contributed by atoms with Crippen molar-refractivity contribution < 1.29 is 4.74 Å². The molecule has 0 aliphatic heterocycles. The maximum atomic E-state index is 6.02. The number of hydrogen-bond acceptors (Lipinski definition) is 4. The molecule has 0 amide bonds. The fourth-order valence-corrected chi connectivity index (χ4v) is 2.48. The lowest BCUT2D eigenvalue weighted by Gasteiger charge is -2.13. The molecule has 0 atom stereocenters. The first-order valence-corrected chi connectivity index (χ1v) is 8.38. The molecule has 3 nitrogen and oxygen atoms in total. The van der Waals surface area contributed by atoms with Crippen LogP contribution < -0.4 is 10.1 Å². The Morgan fingerprint density at radius 1 is 1.19 bits per heavy atom. The van der Waals surface area contributed by atoms with E-state index in [1.165, 1.54) is 0 Å². The van der Waals surface area contributed by atoms with Gasteiger partial charge in [0.2, 0.25) is 5.88 Å². The molecule has 1 heterocycles. The van der Waals surface area contributed by atoms with Gasteiger partial charge in [-0.3, -0.25) is 0 Å². The van der Waals surface area contributed by atoms with Gasteiger partial charge in [0.25, 0.3) is 0 Å². The molecule has 4 heteroatoms. The first kappa shape index (κ1) is 15.9. The number of nitrogens with zero attached hydrogens (tertiary/aromatic N) is 1. The van der Waals surface area contributed by atoms with Crippen LogP contribution >= 0.6 is 11.8 Å². The SMILES string of the molecule is CSc1ccccc1Oc1ncccc1CNCC(C)C. The van der Waals surface area contributed by atoms with Gasteiger partial charge in [0.05, 0.1) is 0 Å². The molecular formula is C17H22N2OS. The highest BCUT2D eigenvalue weighted by molar-refractivity contribution is 7.98. The lowest BCUT2D eigenvalue weighted by Crippen LogP contribution is -2.19. The third-order valence-electron chi connectivity index (χ3n) is 2.99. The Hall–Kier alpha value is -1.52. The number of rotatable bonds is 7. The van der Waals surface area contributed by atoms with Crippen LogP contribution in [0.3, 0.4) is 0 Å². The zero-order valence-electron chi connectivity index (χ0n) is 12.8. The third kappa shape index (κ3) is 4.76. The minimum Gasteiger partial charge on any atom is -0.438 e. The summed E-state index contributed by atoms with van der Waals surface area (Å²) in [5.41, 5.74) is 1.08. The van der Waals surface area contributed by atoms with Gasteiger partial charge in [0, 0.05) is 23.2 Å². The van der Waals surface area contributed by atoms with Crippen LogP contribution in [-0.4, -0.2) is 17.8 Å². The maximum Gasteiger partial charge on any atom is 0.223 e. The summed E-state index contributed by atoms with van der Waals surface area (Å²) < 4.78 is 6.02. The molecular weight excluding hydrogens is 280 g/mol. The van der Waals surface area contributed by atoms with Crippen LogP contribution in [0, 0.1) is 5.92 Å². The molecule has 0 saturated heterocycles. The number of hydrogen-bond donors (Lipinski definition) is 1. The van der Waals surface area contributed by atoms with E-state index in [1.807, 2.05) is 30.5 Å². The second-order valence-corrected chi connectivity index (χ2v) is 6.09. The average Bonchev–Trinajstić information content (AvgIpc) is 2.49. The molecule has 0 unspecified atom stereocenters. The minimum atomic E-state index is 0.628. The number of nitrogens with one attached hydrogen (secondary N) is 1. The first-order valence-electron chi connectivity index (χ1n) is 7.16. The molecule has 0 spiro atoms. The van der Waals surface area contributed by atoms with E-state index >= 15 is 0 Å². The van der Waals surface area contributed by atoms with E-state index in [9.17, 15) is 0 Å². The van der Waals surface area contributed by atoms with Crippen LogP contribution in [0.4, 0.5) is 0 Å². The van der Waals surface area contributed by atoms with Crippen LogP contribution in [0.1, 0.15) is 19.4 Å². The van der Waals surface area contributed by atoms with Gasteiger partial charge in [0.15, 0.2) is 0 Å².